The second-order valence-corrected chi connectivity index (χ2v) is 9.32. The molecule has 0 aliphatic carbocycles. The van der Waals surface area contributed by atoms with Crippen molar-refractivity contribution in [1.82, 2.24) is 9.66 Å². The van der Waals surface area contributed by atoms with Crippen LogP contribution in [0.1, 0.15) is 11.1 Å². The monoisotopic (exact) mass is 553 g/mol. The summed E-state index contributed by atoms with van der Waals surface area (Å²) in [6.07, 6.45) is 1.48. The van der Waals surface area contributed by atoms with Crippen LogP contribution in [0.2, 0.25) is 5.02 Å². The van der Waals surface area contributed by atoms with Gasteiger partial charge in [0.15, 0.2) is 17.3 Å². The van der Waals surface area contributed by atoms with Crippen LogP contribution >= 0.6 is 11.6 Å². The maximum absolute atomic E-state index is 13.5. The van der Waals surface area contributed by atoms with Crippen LogP contribution in [0.5, 0.6) is 11.5 Å². The molecule has 6 aromatic rings. The molecule has 0 aliphatic rings. The number of methoxy groups -OCH3 is 1. The second-order valence-electron chi connectivity index (χ2n) is 8.92. The van der Waals surface area contributed by atoms with E-state index in [0.717, 1.165) is 5.39 Å². The minimum atomic E-state index is -0.356. The molecule has 2 aromatic heterocycles. The summed E-state index contributed by atoms with van der Waals surface area (Å²) in [6, 6.07) is 25.8. The Balaban J connectivity index is 1.39. The van der Waals surface area contributed by atoms with E-state index in [1.807, 2.05) is 36.4 Å². The zero-order valence-corrected chi connectivity index (χ0v) is 21.9. The third kappa shape index (κ3) is 4.92. The second kappa shape index (κ2) is 10.7. The summed E-state index contributed by atoms with van der Waals surface area (Å²) in [4.78, 5) is 18.2. The highest BCUT2D eigenvalue weighted by Gasteiger charge is 2.17. The van der Waals surface area contributed by atoms with Crippen LogP contribution in [0.15, 0.2) is 105 Å². The van der Waals surface area contributed by atoms with E-state index in [0.29, 0.717) is 44.9 Å². The summed E-state index contributed by atoms with van der Waals surface area (Å²) >= 11 is 6.54. The summed E-state index contributed by atoms with van der Waals surface area (Å²) < 4.78 is 32.1. The summed E-state index contributed by atoms with van der Waals surface area (Å²) in [6.45, 7) is 0.0975. The molecule has 6 rings (SSSR count). The Morgan fingerprint density at radius 3 is 2.67 bits per heavy atom. The standard InChI is InChI=1S/C31H21ClFN3O4/c1-38-27-15-20(14-24(32)29(27)39-18-19-7-6-9-22(33)13-19)17-34-36-30(28-16-21-8-2-5-12-26(21)40-28)35-25-11-4-3-10-23(25)31(36)37/h2-17H,18H2,1H3. The topological polar surface area (TPSA) is 78.9 Å². The molecule has 0 spiro atoms. The number of benzene rings is 4. The minimum Gasteiger partial charge on any atom is -0.493 e. The lowest BCUT2D eigenvalue weighted by Gasteiger charge is -2.13. The van der Waals surface area contributed by atoms with Gasteiger partial charge in [0.25, 0.3) is 5.56 Å². The maximum atomic E-state index is 13.5. The molecular formula is C31H21ClFN3O4. The summed E-state index contributed by atoms with van der Waals surface area (Å²) in [5.74, 6) is 0.957. The lowest BCUT2D eigenvalue weighted by Crippen LogP contribution is -2.20. The van der Waals surface area contributed by atoms with Crippen LogP contribution in [0.3, 0.4) is 0 Å². The van der Waals surface area contributed by atoms with Gasteiger partial charge in [-0.1, -0.05) is 54.1 Å². The van der Waals surface area contributed by atoms with Crippen LogP contribution in [0.4, 0.5) is 4.39 Å². The average molecular weight is 554 g/mol. The molecule has 4 aromatic carbocycles. The number of aromatic nitrogens is 2. The summed E-state index contributed by atoms with van der Waals surface area (Å²) in [5, 5.41) is 6.03. The van der Waals surface area contributed by atoms with E-state index in [9.17, 15) is 9.18 Å². The molecule has 0 aliphatic heterocycles. The first-order valence-electron chi connectivity index (χ1n) is 12.3. The van der Waals surface area contributed by atoms with E-state index in [2.05, 4.69) is 5.10 Å². The summed E-state index contributed by atoms with van der Waals surface area (Å²) in [5.41, 5.74) is 2.03. The van der Waals surface area contributed by atoms with Crippen LogP contribution in [0, 0.1) is 5.82 Å². The molecule has 0 unspecified atom stereocenters. The van der Waals surface area contributed by atoms with Crippen LogP contribution in [0.25, 0.3) is 33.5 Å². The third-order valence-corrected chi connectivity index (χ3v) is 6.53. The molecule has 0 fully saturated rings. The minimum absolute atomic E-state index is 0.0975. The molecule has 0 bridgehead atoms. The number of fused-ring (bicyclic) bond motifs is 2. The molecular weight excluding hydrogens is 533 g/mol. The highest BCUT2D eigenvalue weighted by Crippen LogP contribution is 2.37. The van der Waals surface area contributed by atoms with E-state index in [-0.39, 0.29) is 28.8 Å². The Bertz CT molecular complexity index is 1930. The van der Waals surface area contributed by atoms with Crippen LogP contribution in [-0.4, -0.2) is 23.0 Å². The van der Waals surface area contributed by atoms with Gasteiger partial charge in [-0.05, 0) is 59.7 Å². The van der Waals surface area contributed by atoms with Gasteiger partial charge in [-0.15, -0.1) is 0 Å². The van der Waals surface area contributed by atoms with Gasteiger partial charge < -0.3 is 13.9 Å². The van der Waals surface area contributed by atoms with Crippen molar-refractivity contribution in [1.29, 1.82) is 0 Å². The number of hydrogen-bond acceptors (Lipinski definition) is 6. The van der Waals surface area contributed by atoms with Gasteiger partial charge >= 0.3 is 0 Å². The first-order chi connectivity index (χ1) is 19.5. The van der Waals surface area contributed by atoms with Gasteiger partial charge in [-0.3, -0.25) is 4.79 Å². The Kier molecular flexibility index (Phi) is 6.76. The normalized spacial score (nSPS) is 11.5. The zero-order chi connectivity index (χ0) is 27.6. The molecule has 7 nitrogen and oxygen atoms in total. The Morgan fingerprint density at radius 2 is 1.85 bits per heavy atom. The highest BCUT2D eigenvalue weighted by molar-refractivity contribution is 6.32. The molecule has 2 heterocycles. The molecule has 198 valence electrons. The third-order valence-electron chi connectivity index (χ3n) is 6.25. The van der Waals surface area contributed by atoms with Crippen molar-refractivity contribution in [3.05, 3.63) is 123 Å². The summed E-state index contributed by atoms with van der Waals surface area (Å²) in [7, 11) is 1.49. The van der Waals surface area contributed by atoms with Gasteiger partial charge in [-0.25, -0.2) is 9.37 Å². The van der Waals surface area contributed by atoms with Crippen molar-refractivity contribution in [3.63, 3.8) is 0 Å². The first kappa shape index (κ1) is 25.3. The van der Waals surface area contributed by atoms with Gasteiger partial charge in [0, 0.05) is 5.39 Å². The predicted octanol–water partition coefficient (Wildman–Crippen LogP) is 7.07. The van der Waals surface area contributed by atoms with Gasteiger partial charge in [0.1, 0.15) is 18.0 Å². The number of para-hydroxylation sites is 2. The molecule has 0 N–H and O–H groups in total. The lowest BCUT2D eigenvalue weighted by molar-refractivity contribution is 0.284. The lowest BCUT2D eigenvalue weighted by atomic mass is 10.2. The number of furan rings is 1. The highest BCUT2D eigenvalue weighted by atomic mass is 35.5. The quantitative estimate of drug-likeness (QED) is 0.198. The van der Waals surface area contributed by atoms with E-state index >= 15 is 0 Å². The smallest absolute Gasteiger partial charge is 0.282 e. The van der Waals surface area contributed by atoms with Gasteiger partial charge in [0.2, 0.25) is 5.82 Å². The average Bonchev–Trinajstić information content (AvgIpc) is 3.40. The largest absolute Gasteiger partial charge is 0.493 e. The van der Waals surface area contributed by atoms with Gasteiger partial charge in [0.05, 0.1) is 29.2 Å². The number of ether oxygens (including phenoxy) is 2. The SMILES string of the molecule is COc1cc(C=Nn2c(-c3cc4ccccc4o3)nc3ccccc3c2=O)cc(Cl)c1OCc1cccc(F)c1. The molecule has 40 heavy (non-hydrogen) atoms. The van der Waals surface area contributed by atoms with E-state index in [1.165, 1.54) is 30.1 Å². The van der Waals surface area contributed by atoms with Gasteiger partial charge in [-0.2, -0.15) is 9.78 Å². The first-order valence-corrected chi connectivity index (χ1v) is 12.7. The fourth-order valence-corrected chi connectivity index (χ4v) is 4.62. The van der Waals surface area contributed by atoms with E-state index in [1.54, 1.807) is 42.5 Å². The van der Waals surface area contributed by atoms with Crippen molar-refractivity contribution < 1.29 is 18.3 Å². The maximum Gasteiger partial charge on any atom is 0.282 e. The van der Waals surface area contributed by atoms with E-state index in [4.69, 9.17) is 30.5 Å². The predicted molar refractivity (Wildman–Crippen MR) is 153 cm³/mol. The number of halogens is 2. The van der Waals surface area contributed by atoms with Crippen molar-refractivity contribution in [3.8, 4) is 23.1 Å². The molecule has 9 heteroatoms. The molecule has 0 saturated carbocycles. The number of rotatable bonds is 7. The number of hydrogen-bond donors (Lipinski definition) is 0. The Hall–Kier alpha value is -4.95. The number of nitrogens with zero attached hydrogens (tertiary/aromatic N) is 3. The molecule has 0 atom stereocenters. The van der Waals surface area contributed by atoms with Crippen molar-refractivity contribution >= 4 is 39.7 Å². The fourth-order valence-electron chi connectivity index (χ4n) is 4.34. The molecule has 0 amide bonds. The zero-order valence-electron chi connectivity index (χ0n) is 21.2. The fraction of sp³-hybridized carbons (Fsp3) is 0.0645. The van der Waals surface area contributed by atoms with Crippen LogP contribution < -0.4 is 15.0 Å². The Labute approximate surface area is 232 Å². The van der Waals surface area contributed by atoms with Crippen molar-refractivity contribution in [2.45, 2.75) is 6.61 Å². The van der Waals surface area contributed by atoms with Crippen molar-refractivity contribution in [2.24, 2.45) is 5.10 Å². The Morgan fingerprint density at radius 1 is 1.02 bits per heavy atom. The molecule has 0 radical (unpaired) electrons. The van der Waals surface area contributed by atoms with Crippen molar-refractivity contribution in [2.75, 3.05) is 7.11 Å². The molecule has 0 saturated heterocycles. The van der Waals surface area contributed by atoms with Crippen LogP contribution in [-0.2, 0) is 6.61 Å². The van der Waals surface area contributed by atoms with E-state index < -0.39 is 0 Å².